The molecule has 0 bridgehead atoms. The first-order valence-corrected chi connectivity index (χ1v) is 10.1. The van der Waals surface area contributed by atoms with E-state index in [4.69, 9.17) is 13.9 Å². The molecule has 0 spiro atoms. The lowest BCUT2D eigenvalue weighted by Crippen LogP contribution is -2.59. The second-order valence-electron chi connectivity index (χ2n) is 5.92. The molecular formula is C13H25NO6Si. The highest BCUT2D eigenvalue weighted by molar-refractivity contribution is 6.69. The van der Waals surface area contributed by atoms with Gasteiger partial charge in [0, 0.05) is 20.8 Å². The Morgan fingerprint density at radius 2 is 1.33 bits per heavy atom. The van der Waals surface area contributed by atoms with Crippen LogP contribution in [0.1, 0.15) is 20.8 Å². The fourth-order valence-electron chi connectivity index (χ4n) is 1.44. The summed E-state index contributed by atoms with van der Waals surface area (Å²) in [7, 11) is -1.86. The zero-order valence-corrected chi connectivity index (χ0v) is 14.6. The Morgan fingerprint density at radius 1 is 0.905 bits per heavy atom. The third kappa shape index (κ3) is 10.0. The first kappa shape index (κ1) is 19.6. The van der Waals surface area contributed by atoms with E-state index < -0.39 is 25.8 Å². The van der Waals surface area contributed by atoms with Crippen LogP contribution in [0.5, 0.6) is 0 Å². The van der Waals surface area contributed by atoms with Crippen molar-refractivity contribution in [1.29, 1.82) is 0 Å². The molecule has 0 saturated carbocycles. The second kappa shape index (κ2) is 8.13. The Hall–Kier alpha value is -1.41. The first-order chi connectivity index (χ1) is 9.46. The van der Waals surface area contributed by atoms with Crippen LogP contribution in [0.4, 0.5) is 0 Å². The predicted octanol–water partition coefficient (Wildman–Crippen LogP) is 0.839. The van der Waals surface area contributed by atoms with Gasteiger partial charge in [0.1, 0.15) is 18.8 Å². The largest absolute Gasteiger partial charge is 0.463 e. The van der Waals surface area contributed by atoms with Crippen LogP contribution in [0.15, 0.2) is 0 Å². The highest BCUT2D eigenvalue weighted by atomic mass is 28.4. The summed E-state index contributed by atoms with van der Waals surface area (Å²) >= 11 is 0. The van der Waals surface area contributed by atoms with Crippen LogP contribution in [-0.2, 0) is 28.3 Å². The summed E-state index contributed by atoms with van der Waals surface area (Å²) in [6, 6.07) is 0. The minimum atomic E-state index is -1.86. The Morgan fingerprint density at radius 3 is 1.62 bits per heavy atom. The molecule has 21 heavy (non-hydrogen) atoms. The molecular weight excluding hydrogens is 294 g/mol. The minimum Gasteiger partial charge on any atom is -0.463 e. The van der Waals surface area contributed by atoms with Crippen molar-refractivity contribution in [3.63, 3.8) is 0 Å². The van der Waals surface area contributed by atoms with Gasteiger partial charge in [-0.05, 0) is 19.6 Å². The molecule has 8 heteroatoms. The highest BCUT2D eigenvalue weighted by Crippen LogP contribution is 2.13. The van der Waals surface area contributed by atoms with Gasteiger partial charge in [-0.1, -0.05) is 0 Å². The van der Waals surface area contributed by atoms with Gasteiger partial charge in [0.25, 0.3) is 0 Å². The van der Waals surface area contributed by atoms with Gasteiger partial charge in [-0.25, -0.2) is 0 Å². The molecule has 0 aromatic carbocycles. The molecule has 1 amide bonds. The van der Waals surface area contributed by atoms with E-state index in [1.165, 1.54) is 20.8 Å². The zero-order valence-electron chi connectivity index (χ0n) is 13.6. The van der Waals surface area contributed by atoms with Gasteiger partial charge >= 0.3 is 11.9 Å². The van der Waals surface area contributed by atoms with E-state index in [1.807, 2.05) is 19.6 Å². The number of hydrogen-bond donors (Lipinski definition) is 1. The second-order valence-corrected chi connectivity index (χ2v) is 10.4. The molecule has 7 nitrogen and oxygen atoms in total. The Bertz CT molecular complexity index is 373. The maximum Gasteiger partial charge on any atom is 0.302 e. The van der Waals surface area contributed by atoms with Crippen molar-refractivity contribution in [1.82, 2.24) is 5.32 Å². The number of esters is 2. The van der Waals surface area contributed by atoms with Crippen molar-refractivity contribution in [3.05, 3.63) is 0 Å². The molecule has 0 aliphatic rings. The van der Waals surface area contributed by atoms with E-state index in [1.54, 1.807) is 0 Å². The van der Waals surface area contributed by atoms with Gasteiger partial charge < -0.3 is 19.2 Å². The van der Waals surface area contributed by atoms with E-state index in [-0.39, 0.29) is 25.7 Å². The number of carbonyl (C=O) groups excluding carboxylic acids is 3. The molecule has 0 heterocycles. The third-order valence-electron chi connectivity index (χ3n) is 2.33. The van der Waals surface area contributed by atoms with Crippen LogP contribution in [0.3, 0.4) is 0 Å². The third-order valence-corrected chi connectivity index (χ3v) is 3.34. The quantitative estimate of drug-likeness (QED) is 0.526. The lowest BCUT2D eigenvalue weighted by molar-refractivity contribution is -0.151. The van der Waals surface area contributed by atoms with E-state index in [9.17, 15) is 14.4 Å². The van der Waals surface area contributed by atoms with Crippen LogP contribution in [0, 0.1) is 0 Å². The summed E-state index contributed by atoms with van der Waals surface area (Å²) in [6.07, 6.45) is 0. The highest BCUT2D eigenvalue weighted by Gasteiger charge is 2.36. The van der Waals surface area contributed by atoms with Crippen LogP contribution >= 0.6 is 0 Å². The van der Waals surface area contributed by atoms with Gasteiger partial charge in [-0.15, -0.1) is 0 Å². The summed E-state index contributed by atoms with van der Waals surface area (Å²) in [6.45, 7) is 9.69. The molecule has 0 radical (unpaired) electrons. The molecule has 0 saturated heterocycles. The van der Waals surface area contributed by atoms with Crippen molar-refractivity contribution in [2.75, 3.05) is 19.8 Å². The summed E-state index contributed by atoms with van der Waals surface area (Å²) in [5, 5.41) is 2.68. The fourth-order valence-corrected chi connectivity index (χ4v) is 2.15. The number of nitrogens with one attached hydrogen (secondary N) is 1. The topological polar surface area (TPSA) is 90.9 Å². The molecule has 0 aromatic heterocycles. The number of amides is 1. The van der Waals surface area contributed by atoms with Gasteiger partial charge in [0.15, 0.2) is 8.32 Å². The average molecular weight is 319 g/mol. The van der Waals surface area contributed by atoms with Crippen LogP contribution in [0.2, 0.25) is 19.6 Å². The van der Waals surface area contributed by atoms with E-state index >= 15 is 0 Å². The molecule has 0 aliphatic carbocycles. The predicted molar refractivity (Wildman–Crippen MR) is 79.1 cm³/mol. The molecule has 0 aliphatic heterocycles. The number of ether oxygens (including phenoxy) is 2. The van der Waals surface area contributed by atoms with E-state index in [0.717, 1.165) is 0 Å². The smallest absolute Gasteiger partial charge is 0.302 e. The SMILES string of the molecule is CC(=O)NC(COC(C)=O)(COC(C)=O)CO[Si](C)(C)C. The van der Waals surface area contributed by atoms with Crippen LogP contribution in [-0.4, -0.2) is 51.5 Å². The monoisotopic (exact) mass is 319 g/mol. The van der Waals surface area contributed by atoms with E-state index in [0.29, 0.717) is 0 Å². The first-order valence-electron chi connectivity index (χ1n) is 6.65. The molecule has 0 unspecified atom stereocenters. The van der Waals surface area contributed by atoms with Crippen LogP contribution in [0.25, 0.3) is 0 Å². The minimum absolute atomic E-state index is 0.100. The van der Waals surface area contributed by atoms with E-state index in [2.05, 4.69) is 5.32 Å². The average Bonchev–Trinajstić information content (AvgIpc) is 2.29. The summed E-state index contributed by atoms with van der Waals surface area (Å²) in [5.41, 5.74) is -1.08. The molecule has 0 fully saturated rings. The number of hydrogen-bond acceptors (Lipinski definition) is 6. The van der Waals surface area contributed by atoms with Crippen molar-refractivity contribution in [2.45, 2.75) is 46.0 Å². The lowest BCUT2D eigenvalue weighted by Gasteiger charge is -2.35. The standard InChI is InChI=1S/C13H25NO6Si/c1-10(15)14-13(7-18-11(2)16,8-19-12(3)17)9-20-21(4,5)6/h7-9H2,1-6H3,(H,14,15). The van der Waals surface area contributed by atoms with Crippen molar-refractivity contribution in [3.8, 4) is 0 Å². The molecule has 0 atom stereocenters. The lowest BCUT2D eigenvalue weighted by atomic mass is 10.0. The maximum absolute atomic E-state index is 11.4. The molecule has 1 N–H and O–H groups in total. The number of carbonyl (C=O) groups is 3. The van der Waals surface area contributed by atoms with Crippen molar-refractivity contribution in [2.24, 2.45) is 0 Å². The molecule has 0 rings (SSSR count). The molecule has 122 valence electrons. The summed E-state index contributed by atoms with van der Waals surface area (Å²) < 4.78 is 15.8. The fraction of sp³-hybridized carbons (Fsp3) is 0.769. The van der Waals surface area contributed by atoms with Crippen molar-refractivity contribution < 1.29 is 28.3 Å². The Labute approximate surface area is 126 Å². The summed E-state index contributed by atoms with van der Waals surface area (Å²) in [5.74, 6) is -1.30. The molecule has 0 aromatic rings. The maximum atomic E-state index is 11.4. The van der Waals surface area contributed by atoms with Gasteiger partial charge in [0.2, 0.25) is 5.91 Å². The Kier molecular flexibility index (Phi) is 7.59. The Balaban J connectivity index is 5.10. The number of rotatable bonds is 8. The normalized spacial score (nSPS) is 11.7. The van der Waals surface area contributed by atoms with Crippen LogP contribution < -0.4 is 5.32 Å². The summed E-state index contributed by atoms with van der Waals surface area (Å²) in [4.78, 5) is 33.5. The van der Waals surface area contributed by atoms with Gasteiger partial charge in [0.05, 0.1) is 6.61 Å². The zero-order chi connectivity index (χ0) is 16.7. The van der Waals surface area contributed by atoms with Crippen molar-refractivity contribution >= 4 is 26.2 Å². The van der Waals surface area contributed by atoms with Gasteiger partial charge in [-0.3, -0.25) is 14.4 Å². The van der Waals surface area contributed by atoms with Gasteiger partial charge in [-0.2, -0.15) is 0 Å².